The van der Waals surface area contributed by atoms with Gasteiger partial charge in [-0.25, -0.2) is 8.78 Å². The molecule has 5 heteroatoms. The summed E-state index contributed by atoms with van der Waals surface area (Å²) in [4.78, 5) is 12.3. The number of hydrogen-bond acceptors (Lipinski definition) is 2. The first kappa shape index (κ1) is 15.4. The lowest BCUT2D eigenvalue weighted by molar-refractivity contribution is -0.123. The van der Waals surface area contributed by atoms with Crippen LogP contribution in [0.4, 0.5) is 8.78 Å². The predicted octanol–water partition coefficient (Wildman–Crippen LogP) is 2.70. The molecule has 3 N–H and O–H groups in total. The van der Waals surface area contributed by atoms with E-state index >= 15 is 0 Å². The van der Waals surface area contributed by atoms with Crippen molar-refractivity contribution in [3.05, 3.63) is 35.4 Å². The molecule has 4 unspecified atom stereocenters. The molecule has 2 saturated carbocycles. The zero-order valence-corrected chi connectivity index (χ0v) is 12.5. The molecule has 0 spiro atoms. The lowest BCUT2D eigenvalue weighted by Gasteiger charge is -2.31. The van der Waals surface area contributed by atoms with Gasteiger partial charge >= 0.3 is 0 Å². The van der Waals surface area contributed by atoms with Crippen molar-refractivity contribution in [2.75, 3.05) is 6.54 Å². The minimum absolute atomic E-state index is 0.0426. The summed E-state index contributed by atoms with van der Waals surface area (Å²) in [6.45, 7) is 0.581. The van der Waals surface area contributed by atoms with E-state index in [0.29, 0.717) is 24.4 Å². The number of hydrogen-bond donors (Lipinski definition) is 2. The summed E-state index contributed by atoms with van der Waals surface area (Å²) >= 11 is 0. The Bertz CT molecular complexity index is 564. The first-order valence-corrected chi connectivity index (χ1v) is 8.06. The second-order valence-electron chi connectivity index (χ2n) is 6.49. The van der Waals surface area contributed by atoms with E-state index in [1.54, 1.807) is 6.07 Å². The molecule has 3 rings (SSSR count). The second-order valence-corrected chi connectivity index (χ2v) is 6.49. The SMILES string of the molecule is NCC1CCCCC1NC(=O)C1CC1c1cccc(F)c1F. The Morgan fingerprint density at radius 1 is 1.27 bits per heavy atom. The lowest BCUT2D eigenvalue weighted by Crippen LogP contribution is -2.45. The molecule has 0 saturated heterocycles. The molecule has 2 fully saturated rings. The minimum Gasteiger partial charge on any atom is -0.353 e. The molecule has 0 aliphatic heterocycles. The Morgan fingerprint density at radius 3 is 2.82 bits per heavy atom. The van der Waals surface area contributed by atoms with Gasteiger partial charge in [-0.05, 0) is 49.3 Å². The van der Waals surface area contributed by atoms with E-state index in [1.807, 2.05) is 0 Å². The number of nitrogens with one attached hydrogen (secondary N) is 1. The molecular weight excluding hydrogens is 286 g/mol. The Kier molecular flexibility index (Phi) is 4.43. The Morgan fingerprint density at radius 2 is 2.05 bits per heavy atom. The second kappa shape index (κ2) is 6.32. The van der Waals surface area contributed by atoms with Crippen LogP contribution in [-0.4, -0.2) is 18.5 Å². The van der Waals surface area contributed by atoms with Crippen LogP contribution in [0, 0.1) is 23.5 Å². The smallest absolute Gasteiger partial charge is 0.223 e. The van der Waals surface area contributed by atoms with Crippen molar-refractivity contribution in [1.29, 1.82) is 0 Å². The quantitative estimate of drug-likeness (QED) is 0.898. The van der Waals surface area contributed by atoms with Crippen LogP contribution in [0.3, 0.4) is 0 Å². The molecule has 1 aromatic carbocycles. The van der Waals surface area contributed by atoms with E-state index < -0.39 is 11.6 Å². The highest BCUT2D eigenvalue weighted by Gasteiger charge is 2.46. The van der Waals surface area contributed by atoms with E-state index in [2.05, 4.69) is 5.32 Å². The Balaban J connectivity index is 1.62. The topological polar surface area (TPSA) is 55.1 Å². The van der Waals surface area contributed by atoms with Crippen LogP contribution in [0.5, 0.6) is 0 Å². The number of benzene rings is 1. The van der Waals surface area contributed by atoms with E-state index in [0.717, 1.165) is 31.7 Å². The third-order valence-electron chi connectivity index (χ3n) is 5.05. The molecule has 4 atom stereocenters. The van der Waals surface area contributed by atoms with Gasteiger partial charge in [0.2, 0.25) is 5.91 Å². The fourth-order valence-electron chi connectivity index (χ4n) is 3.60. The van der Waals surface area contributed by atoms with Crippen molar-refractivity contribution in [2.24, 2.45) is 17.6 Å². The molecule has 0 aromatic heterocycles. The standard InChI is InChI=1S/C17H22F2N2O/c18-14-6-3-5-11(16(14)19)12-8-13(12)17(22)21-15-7-2-1-4-10(15)9-20/h3,5-6,10,12-13,15H,1-2,4,7-9,20H2,(H,21,22). The zero-order valence-electron chi connectivity index (χ0n) is 12.5. The number of nitrogens with two attached hydrogens (primary N) is 1. The summed E-state index contributed by atoms with van der Waals surface area (Å²) in [5.41, 5.74) is 6.09. The highest BCUT2D eigenvalue weighted by atomic mass is 19.2. The average molecular weight is 308 g/mol. The normalized spacial score (nSPS) is 30.9. The van der Waals surface area contributed by atoms with Crippen molar-refractivity contribution >= 4 is 5.91 Å². The summed E-state index contributed by atoms with van der Waals surface area (Å²) in [6, 6.07) is 4.29. The monoisotopic (exact) mass is 308 g/mol. The Labute approximate surface area is 129 Å². The number of carbonyl (C=O) groups excluding carboxylic acids is 1. The fraction of sp³-hybridized carbons (Fsp3) is 0.588. The highest BCUT2D eigenvalue weighted by molar-refractivity contribution is 5.83. The molecule has 0 radical (unpaired) electrons. The first-order valence-electron chi connectivity index (χ1n) is 8.06. The van der Waals surface area contributed by atoms with Crippen LogP contribution in [0.2, 0.25) is 0 Å². The molecule has 3 nitrogen and oxygen atoms in total. The molecule has 2 aliphatic rings. The average Bonchev–Trinajstić information content (AvgIpc) is 3.31. The third kappa shape index (κ3) is 3.00. The van der Waals surface area contributed by atoms with Crippen LogP contribution in [-0.2, 0) is 4.79 Å². The van der Waals surface area contributed by atoms with Gasteiger partial charge in [-0.1, -0.05) is 25.0 Å². The van der Waals surface area contributed by atoms with E-state index in [4.69, 9.17) is 5.73 Å². The van der Waals surface area contributed by atoms with Gasteiger partial charge in [-0.2, -0.15) is 0 Å². The number of carbonyl (C=O) groups is 1. The summed E-state index contributed by atoms with van der Waals surface area (Å²) in [6.07, 6.45) is 4.86. The van der Waals surface area contributed by atoms with Crippen LogP contribution in [0.15, 0.2) is 18.2 Å². The molecule has 22 heavy (non-hydrogen) atoms. The maximum atomic E-state index is 13.8. The first-order chi connectivity index (χ1) is 10.6. The van der Waals surface area contributed by atoms with Crippen molar-refractivity contribution in [3.63, 3.8) is 0 Å². The number of amides is 1. The summed E-state index contributed by atoms with van der Waals surface area (Å²) < 4.78 is 27.1. The maximum Gasteiger partial charge on any atom is 0.223 e. The van der Waals surface area contributed by atoms with E-state index in [-0.39, 0.29) is 23.8 Å². The van der Waals surface area contributed by atoms with E-state index in [1.165, 1.54) is 6.07 Å². The van der Waals surface area contributed by atoms with Gasteiger partial charge in [0.15, 0.2) is 11.6 Å². The molecule has 2 aliphatic carbocycles. The van der Waals surface area contributed by atoms with Crippen molar-refractivity contribution in [2.45, 2.75) is 44.1 Å². The molecule has 1 amide bonds. The third-order valence-corrected chi connectivity index (χ3v) is 5.05. The highest BCUT2D eigenvalue weighted by Crippen LogP contribution is 2.48. The van der Waals surface area contributed by atoms with E-state index in [9.17, 15) is 13.6 Å². The van der Waals surface area contributed by atoms with Gasteiger partial charge in [0, 0.05) is 12.0 Å². The van der Waals surface area contributed by atoms with Crippen LogP contribution >= 0.6 is 0 Å². The van der Waals surface area contributed by atoms with Crippen molar-refractivity contribution in [3.8, 4) is 0 Å². The molecular formula is C17H22F2N2O. The van der Waals surface area contributed by atoms with Crippen LogP contribution in [0.1, 0.15) is 43.6 Å². The number of halogens is 2. The zero-order chi connectivity index (χ0) is 15.7. The van der Waals surface area contributed by atoms with Gasteiger partial charge in [0.1, 0.15) is 0 Å². The molecule has 0 bridgehead atoms. The largest absolute Gasteiger partial charge is 0.353 e. The van der Waals surface area contributed by atoms with Gasteiger partial charge in [0.25, 0.3) is 0 Å². The van der Waals surface area contributed by atoms with Gasteiger partial charge in [-0.3, -0.25) is 4.79 Å². The van der Waals surface area contributed by atoms with Crippen molar-refractivity contribution in [1.82, 2.24) is 5.32 Å². The Hall–Kier alpha value is -1.49. The maximum absolute atomic E-state index is 13.8. The summed E-state index contributed by atoms with van der Waals surface area (Å²) in [7, 11) is 0. The molecule has 0 heterocycles. The lowest BCUT2D eigenvalue weighted by atomic mass is 9.84. The molecule has 120 valence electrons. The van der Waals surface area contributed by atoms with Gasteiger partial charge in [-0.15, -0.1) is 0 Å². The fourth-order valence-corrected chi connectivity index (χ4v) is 3.60. The van der Waals surface area contributed by atoms with Crippen LogP contribution in [0.25, 0.3) is 0 Å². The molecule has 1 aromatic rings. The van der Waals surface area contributed by atoms with Crippen molar-refractivity contribution < 1.29 is 13.6 Å². The van der Waals surface area contributed by atoms with Gasteiger partial charge in [0.05, 0.1) is 0 Å². The predicted molar refractivity (Wildman–Crippen MR) is 80.1 cm³/mol. The number of rotatable bonds is 4. The van der Waals surface area contributed by atoms with Crippen LogP contribution < -0.4 is 11.1 Å². The van der Waals surface area contributed by atoms with Gasteiger partial charge < -0.3 is 11.1 Å². The summed E-state index contributed by atoms with van der Waals surface area (Å²) in [5.74, 6) is -1.81. The minimum atomic E-state index is -0.848. The summed E-state index contributed by atoms with van der Waals surface area (Å²) in [5, 5.41) is 3.08.